The highest BCUT2D eigenvalue weighted by Crippen LogP contribution is 2.33. The standard InChI is InChI=1S/C16H30O2/c1-4-7-8-13(5-2)9-15(17)10-14-11-16(12-14)18-6-3/h13-14,16H,4-12H2,1-3H3. The number of carbonyl (C=O) groups is 1. The van der Waals surface area contributed by atoms with Crippen LogP contribution in [0.1, 0.15) is 72.1 Å². The van der Waals surface area contributed by atoms with Crippen molar-refractivity contribution in [1.82, 2.24) is 0 Å². The van der Waals surface area contributed by atoms with E-state index in [0.717, 1.165) is 38.7 Å². The monoisotopic (exact) mass is 254 g/mol. The van der Waals surface area contributed by atoms with E-state index < -0.39 is 0 Å². The van der Waals surface area contributed by atoms with Crippen molar-refractivity contribution in [3.05, 3.63) is 0 Å². The summed E-state index contributed by atoms with van der Waals surface area (Å²) in [6, 6.07) is 0. The predicted molar refractivity (Wildman–Crippen MR) is 75.7 cm³/mol. The molecule has 1 fully saturated rings. The summed E-state index contributed by atoms with van der Waals surface area (Å²) in [7, 11) is 0. The normalized spacial score (nSPS) is 24.6. The summed E-state index contributed by atoms with van der Waals surface area (Å²) in [5.74, 6) is 1.72. The zero-order chi connectivity index (χ0) is 13.4. The smallest absolute Gasteiger partial charge is 0.133 e. The Labute approximate surface area is 112 Å². The molecule has 0 amide bonds. The third kappa shape index (κ3) is 5.51. The number of ether oxygens (including phenoxy) is 1. The third-order valence-electron chi connectivity index (χ3n) is 4.17. The number of ketones is 1. The van der Waals surface area contributed by atoms with Crippen LogP contribution in [0.3, 0.4) is 0 Å². The van der Waals surface area contributed by atoms with Gasteiger partial charge in [-0.3, -0.25) is 4.79 Å². The molecule has 1 aliphatic carbocycles. The lowest BCUT2D eigenvalue weighted by molar-refractivity contribution is -0.123. The minimum absolute atomic E-state index is 0.440. The summed E-state index contributed by atoms with van der Waals surface area (Å²) in [6.45, 7) is 7.27. The highest BCUT2D eigenvalue weighted by Gasteiger charge is 2.31. The van der Waals surface area contributed by atoms with Gasteiger partial charge in [-0.2, -0.15) is 0 Å². The van der Waals surface area contributed by atoms with Crippen molar-refractivity contribution in [2.45, 2.75) is 78.2 Å². The van der Waals surface area contributed by atoms with Crippen LogP contribution in [0.2, 0.25) is 0 Å². The first kappa shape index (κ1) is 15.7. The largest absolute Gasteiger partial charge is 0.378 e. The fourth-order valence-corrected chi connectivity index (χ4v) is 2.88. The van der Waals surface area contributed by atoms with E-state index in [0.29, 0.717) is 23.7 Å². The Balaban J connectivity index is 2.13. The molecule has 1 unspecified atom stereocenters. The summed E-state index contributed by atoms with van der Waals surface area (Å²) >= 11 is 0. The van der Waals surface area contributed by atoms with Gasteiger partial charge in [0, 0.05) is 19.4 Å². The highest BCUT2D eigenvalue weighted by molar-refractivity contribution is 5.79. The second kappa shape index (κ2) is 8.68. The van der Waals surface area contributed by atoms with Crippen LogP contribution < -0.4 is 0 Å². The first-order valence-electron chi connectivity index (χ1n) is 7.82. The van der Waals surface area contributed by atoms with Gasteiger partial charge in [-0.25, -0.2) is 0 Å². The highest BCUT2D eigenvalue weighted by atomic mass is 16.5. The molecule has 0 radical (unpaired) electrons. The fraction of sp³-hybridized carbons (Fsp3) is 0.938. The maximum atomic E-state index is 12.0. The Hall–Kier alpha value is -0.370. The minimum Gasteiger partial charge on any atom is -0.378 e. The van der Waals surface area contributed by atoms with Crippen LogP contribution in [-0.4, -0.2) is 18.5 Å². The predicted octanol–water partition coefficient (Wildman–Crippen LogP) is 4.37. The molecule has 18 heavy (non-hydrogen) atoms. The second-order valence-electron chi connectivity index (χ2n) is 5.78. The van der Waals surface area contributed by atoms with Crippen LogP contribution in [0.4, 0.5) is 0 Å². The van der Waals surface area contributed by atoms with Gasteiger partial charge in [0.2, 0.25) is 0 Å². The number of Topliss-reactive ketones (excluding diaryl/α,β-unsaturated/α-hetero) is 1. The van der Waals surface area contributed by atoms with Gasteiger partial charge in [0.25, 0.3) is 0 Å². The van der Waals surface area contributed by atoms with Crippen LogP contribution in [-0.2, 0) is 9.53 Å². The molecule has 0 N–H and O–H groups in total. The van der Waals surface area contributed by atoms with Crippen LogP contribution >= 0.6 is 0 Å². The van der Waals surface area contributed by atoms with Crippen molar-refractivity contribution in [1.29, 1.82) is 0 Å². The first-order valence-corrected chi connectivity index (χ1v) is 7.82. The molecule has 0 saturated heterocycles. The SMILES string of the molecule is CCCCC(CC)CC(=O)CC1CC(OCC)C1. The van der Waals surface area contributed by atoms with Crippen molar-refractivity contribution in [3.63, 3.8) is 0 Å². The number of carbonyl (C=O) groups excluding carboxylic acids is 1. The molecule has 1 atom stereocenters. The van der Waals surface area contributed by atoms with Crippen molar-refractivity contribution in [3.8, 4) is 0 Å². The molecule has 1 saturated carbocycles. The molecular weight excluding hydrogens is 224 g/mol. The number of rotatable bonds is 10. The summed E-state index contributed by atoms with van der Waals surface area (Å²) < 4.78 is 5.53. The average Bonchev–Trinajstić information content (AvgIpc) is 2.31. The second-order valence-corrected chi connectivity index (χ2v) is 5.78. The molecule has 1 rings (SSSR count). The van der Waals surface area contributed by atoms with Crippen molar-refractivity contribution < 1.29 is 9.53 Å². The molecule has 0 aliphatic heterocycles. The van der Waals surface area contributed by atoms with E-state index in [2.05, 4.69) is 13.8 Å². The number of hydrogen-bond donors (Lipinski definition) is 0. The molecule has 0 aromatic heterocycles. The summed E-state index contributed by atoms with van der Waals surface area (Å²) in [4.78, 5) is 12.0. The molecule has 2 heteroatoms. The average molecular weight is 254 g/mol. The molecular formula is C16H30O2. The van der Waals surface area contributed by atoms with Crippen LogP contribution in [0.15, 0.2) is 0 Å². The molecule has 0 spiro atoms. The van der Waals surface area contributed by atoms with Gasteiger partial charge in [0.1, 0.15) is 5.78 Å². The topological polar surface area (TPSA) is 26.3 Å². The quantitative estimate of drug-likeness (QED) is 0.579. The lowest BCUT2D eigenvalue weighted by Crippen LogP contribution is -2.33. The zero-order valence-electron chi connectivity index (χ0n) is 12.4. The maximum Gasteiger partial charge on any atom is 0.133 e. The Morgan fingerprint density at radius 2 is 2.00 bits per heavy atom. The van der Waals surface area contributed by atoms with Crippen LogP contribution in [0.5, 0.6) is 0 Å². The molecule has 0 bridgehead atoms. The molecule has 1 aliphatic rings. The third-order valence-corrected chi connectivity index (χ3v) is 4.17. The lowest BCUT2D eigenvalue weighted by Gasteiger charge is -2.34. The van der Waals surface area contributed by atoms with E-state index in [1.165, 1.54) is 19.3 Å². The van der Waals surface area contributed by atoms with Gasteiger partial charge in [-0.15, -0.1) is 0 Å². The number of hydrogen-bond acceptors (Lipinski definition) is 2. The first-order chi connectivity index (χ1) is 8.69. The van der Waals surface area contributed by atoms with Gasteiger partial charge in [0.15, 0.2) is 0 Å². The van der Waals surface area contributed by atoms with E-state index >= 15 is 0 Å². The molecule has 0 aromatic rings. The van der Waals surface area contributed by atoms with E-state index in [4.69, 9.17) is 4.74 Å². The van der Waals surface area contributed by atoms with E-state index in [1.54, 1.807) is 0 Å². The summed E-state index contributed by atoms with van der Waals surface area (Å²) in [5, 5.41) is 0. The Morgan fingerprint density at radius 1 is 1.28 bits per heavy atom. The lowest BCUT2D eigenvalue weighted by atomic mass is 9.77. The maximum absolute atomic E-state index is 12.0. The van der Waals surface area contributed by atoms with Crippen LogP contribution in [0, 0.1) is 11.8 Å². The van der Waals surface area contributed by atoms with Gasteiger partial charge in [-0.1, -0.05) is 39.5 Å². The van der Waals surface area contributed by atoms with Crippen molar-refractivity contribution in [2.24, 2.45) is 11.8 Å². The van der Waals surface area contributed by atoms with E-state index in [1.807, 2.05) is 6.92 Å². The van der Waals surface area contributed by atoms with Crippen molar-refractivity contribution in [2.75, 3.05) is 6.61 Å². The summed E-state index contributed by atoms with van der Waals surface area (Å²) in [6.07, 6.45) is 9.14. The van der Waals surface area contributed by atoms with Gasteiger partial charge in [-0.05, 0) is 31.6 Å². The fourth-order valence-electron chi connectivity index (χ4n) is 2.88. The van der Waals surface area contributed by atoms with Gasteiger partial charge in [0.05, 0.1) is 6.10 Å². The van der Waals surface area contributed by atoms with E-state index in [9.17, 15) is 4.79 Å². The minimum atomic E-state index is 0.440. The van der Waals surface area contributed by atoms with E-state index in [-0.39, 0.29) is 0 Å². The summed E-state index contributed by atoms with van der Waals surface area (Å²) in [5.41, 5.74) is 0. The Bertz CT molecular complexity index is 231. The molecule has 0 heterocycles. The van der Waals surface area contributed by atoms with Gasteiger partial charge >= 0.3 is 0 Å². The Morgan fingerprint density at radius 3 is 2.56 bits per heavy atom. The number of unbranched alkanes of at least 4 members (excludes halogenated alkanes) is 1. The van der Waals surface area contributed by atoms with Crippen molar-refractivity contribution >= 4 is 5.78 Å². The molecule has 106 valence electrons. The molecule has 0 aromatic carbocycles. The van der Waals surface area contributed by atoms with Crippen LogP contribution in [0.25, 0.3) is 0 Å². The Kier molecular flexibility index (Phi) is 7.57. The molecule has 2 nitrogen and oxygen atoms in total. The van der Waals surface area contributed by atoms with Gasteiger partial charge < -0.3 is 4.74 Å². The zero-order valence-corrected chi connectivity index (χ0v) is 12.4.